The van der Waals surface area contributed by atoms with Gasteiger partial charge in [0.1, 0.15) is 11.6 Å². The zero-order valence-electron chi connectivity index (χ0n) is 22.8. The quantitative estimate of drug-likeness (QED) is 0.214. The van der Waals surface area contributed by atoms with E-state index in [4.69, 9.17) is 4.98 Å². The molecule has 3 aliphatic rings. The van der Waals surface area contributed by atoms with E-state index in [1.165, 1.54) is 6.07 Å². The Morgan fingerprint density at radius 2 is 1.93 bits per heavy atom. The minimum absolute atomic E-state index is 0.0156. The van der Waals surface area contributed by atoms with Gasteiger partial charge in [-0.15, -0.1) is 0 Å². The Labute approximate surface area is 238 Å². The van der Waals surface area contributed by atoms with Gasteiger partial charge in [0, 0.05) is 42.7 Å². The molecule has 9 nitrogen and oxygen atoms in total. The average molecular weight is 555 g/mol. The summed E-state index contributed by atoms with van der Waals surface area (Å²) in [7, 11) is 0. The number of hydrazine groups is 1. The number of carbonyl (C=O) groups is 1. The lowest BCUT2D eigenvalue weighted by molar-refractivity contribution is -0.117. The predicted molar refractivity (Wildman–Crippen MR) is 156 cm³/mol. The molecule has 0 bridgehead atoms. The molecular weight excluding hydrogens is 519 g/mol. The van der Waals surface area contributed by atoms with Gasteiger partial charge in [-0.3, -0.25) is 15.2 Å². The molecule has 4 unspecified atom stereocenters. The lowest BCUT2D eigenvalue weighted by atomic mass is 9.82. The van der Waals surface area contributed by atoms with E-state index >= 15 is 0 Å². The van der Waals surface area contributed by atoms with Crippen molar-refractivity contribution in [2.45, 2.75) is 43.8 Å². The van der Waals surface area contributed by atoms with Gasteiger partial charge in [-0.05, 0) is 73.7 Å². The summed E-state index contributed by atoms with van der Waals surface area (Å²) < 4.78 is 14.0. The monoisotopic (exact) mass is 554 g/mol. The Hall–Kier alpha value is -3.70. The molecule has 4 aromatic rings. The molecule has 2 aromatic heterocycles. The van der Waals surface area contributed by atoms with Gasteiger partial charge in [-0.25, -0.2) is 14.8 Å². The fourth-order valence-electron chi connectivity index (χ4n) is 6.66. The highest BCUT2D eigenvalue weighted by Gasteiger charge is 2.42. The molecule has 212 valence electrons. The van der Waals surface area contributed by atoms with Crippen molar-refractivity contribution in [3.05, 3.63) is 78.1 Å². The summed E-state index contributed by atoms with van der Waals surface area (Å²) in [5.41, 5.74) is 12.2. The fourth-order valence-corrected chi connectivity index (χ4v) is 6.66. The second-order valence-corrected chi connectivity index (χ2v) is 11.5. The number of amides is 1. The van der Waals surface area contributed by atoms with E-state index in [1.54, 1.807) is 18.3 Å². The van der Waals surface area contributed by atoms with Crippen molar-refractivity contribution in [2.75, 3.05) is 25.0 Å². The highest BCUT2D eigenvalue weighted by atomic mass is 19.1. The first kappa shape index (κ1) is 26.2. The molecule has 1 amide bonds. The second kappa shape index (κ2) is 11.3. The van der Waals surface area contributed by atoms with E-state index in [1.807, 2.05) is 36.5 Å². The standard InChI is InChI=1S/C31H35FN8O/c32-21-4-1-3-19(12-21)23-5-2-6-25-29(23)38-31(37-25)30-24-14-26(35-17-27(24)39-40-30)20-13-22(16-34-15-20)36-28(41)11-18-7-9-33-10-8-18/h1-6,12-13,15-16,18,24,26-27,30,33,35,39-40H,7-11,14,17H2,(H,36,41)(H,37,38). The van der Waals surface area contributed by atoms with E-state index in [2.05, 4.69) is 36.8 Å². The third-order valence-electron chi connectivity index (χ3n) is 8.80. The smallest absolute Gasteiger partial charge is 0.224 e. The summed E-state index contributed by atoms with van der Waals surface area (Å²) in [5.74, 6) is 1.37. The number of aromatic amines is 1. The van der Waals surface area contributed by atoms with Crippen LogP contribution in [-0.4, -0.2) is 46.5 Å². The number of hydrogen-bond donors (Lipinski definition) is 6. The zero-order chi connectivity index (χ0) is 27.8. The molecule has 3 fully saturated rings. The normalized spacial score (nSPS) is 24.8. The number of anilines is 1. The van der Waals surface area contributed by atoms with Gasteiger partial charge < -0.3 is 20.9 Å². The number of fused-ring (bicyclic) bond motifs is 2. The van der Waals surface area contributed by atoms with Crippen molar-refractivity contribution >= 4 is 22.6 Å². The third-order valence-corrected chi connectivity index (χ3v) is 8.80. The predicted octanol–water partition coefficient (Wildman–Crippen LogP) is 3.96. The molecular formula is C31H35FN8O. The van der Waals surface area contributed by atoms with Crippen molar-refractivity contribution in [2.24, 2.45) is 11.8 Å². The molecule has 0 spiro atoms. The summed E-state index contributed by atoms with van der Waals surface area (Å²) in [4.78, 5) is 25.7. The van der Waals surface area contributed by atoms with Crippen molar-refractivity contribution in [1.29, 1.82) is 0 Å². The molecule has 3 saturated heterocycles. The number of halogens is 1. The van der Waals surface area contributed by atoms with Gasteiger partial charge in [-0.2, -0.15) is 0 Å². The Morgan fingerprint density at radius 3 is 2.80 bits per heavy atom. The van der Waals surface area contributed by atoms with E-state index in [0.29, 0.717) is 12.3 Å². The number of para-hydroxylation sites is 1. The van der Waals surface area contributed by atoms with Crippen molar-refractivity contribution in [1.82, 2.24) is 36.4 Å². The first-order valence-corrected chi connectivity index (χ1v) is 14.6. The third kappa shape index (κ3) is 5.48. The number of carbonyl (C=O) groups excluding carboxylic acids is 1. The number of piperidine rings is 2. The lowest BCUT2D eigenvalue weighted by Gasteiger charge is -2.34. The van der Waals surface area contributed by atoms with Gasteiger partial charge in [0.25, 0.3) is 0 Å². The molecule has 4 atom stereocenters. The maximum absolute atomic E-state index is 14.0. The van der Waals surface area contributed by atoms with Crippen LogP contribution in [0.1, 0.15) is 49.2 Å². The van der Waals surface area contributed by atoms with Crippen LogP contribution < -0.4 is 26.8 Å². The summed E-state index contributed by atoms with van der Waals surface area (Å²) in [6, 6.07) is 15.0. The Bertz CT molecular complexity index is 1550. The minimum Gasteiger partial charge on any atom is -0.341 e. The number of aromatic nitrogens is 3. The molecule has 10 heteroatoms. The number of rotatable bonds is 6. The molecule has 0 radical (unpaired) electrons. The average Bonchev–Trinajstić information content (AvgIpc) is 3.61. The molecule has 41 heavy (non-hydrogen) atoms. The van der Waals surface area contributed by atoms with Gasteiger partial charge in [0.05, 0.1) is 29.0 Å². The molecule has 0 saturated carbocycles. The van der Waals surface area contributed by atoms with E-state index in [0.717, 1.165) is 78.1 Å². The van der Waals surface area contributed by atoms with Crippen LogP contribution in [0, 0.1) is 17.7 Å². The van der Waals surface area contributed by atoms with E-state index < -0.39 is 0 Å². The van der Waals surface area contributed by atoms with Crippen LogP contribution in [0.2, 0.25) is 0 Å². The van der Waals surface area contributed by atoms with Crippen molar-refractivity contribution < 1.29 is 9.18 Å². The number of benzene rings is 2. The molecule has 5 heterocycles. The van der Waals surface area contributed by atoms with Crippen LogP contribution in [0.25, 0.3) is 22.2 Å². The first-order chi connectivity index (χ1) is 20.1. The summed E-state index contributed by atoms with van der Waals surface area (Å²) in [6.07, 6.45) is 7.12. The van der Waals surface area contributed by atoms with Crippen LogP contribution in [0.4, 0.5) is 10.1 Å². The Morgan fingerprint density at radius 1 is 1.05 bits per heavy atom. The number of nitrogens with zero attached hydrogens (tertiary/aromatic N) is 2. The summed E-state index contributed by atoms with van der Waals surface area (Å²) in [6.45, 7) is 2.76. The van der Waals surface area contributed by atoms with Crippen LogP contribution >= 0.6 is 0 Å². The summed E-state index contributed by atoms with van der Waals surface area (Å²) in [5, 5.41) is 10.1. The molecule has 3 aliphatic heterocycles. The molecule has 2 aromatic carbocycles. The summed E-state index contributed by atoms with van der Waals surface area (Å²) >= 11 is 0. The topological polar surface area (TPSA) is 119 Å². The van der Waals surface area contributed by atoms with E-state index in [9.17, 15) is 9.18 Å². The minimum atomic E-state index is -0.264. The molecule has 6 N–H and O–H groups in total. The van der Waals surface area contributed by atoms with Gasteiger partial charge in [0.2, 0.25) is 5.91 Å². The van der Waals surface area contributed by atoms with Crippen molar-refractivity contribution in [3.63, 3.8) is 0 Å². The highest BCUT2D eigenvalue weighted by molar-refractivity contribution is 5.92. The van der Waals surface area contributed by atoms with Gasteiger partial charge in [-0.1, -0.05) is 24.3 Å². The second-order valence-electron chi connectivity index (χ2n) is 11.5. The molecule has 0 aliphatic carbocycles. The SMILES string of the molecule is O=C(CC1CCNCC1)Nc1cncc(C2CC3C(CN2)NNC3c2nc3c(-c4cccc(F)c4)cccc3[nH]2)c1. The largest absolute Gasteiger partial charge is 0.341 e. The zero-order valence-corrected chi connectivity index (χ0v) is 22.8. The van der Waals surface area contributed by atoms with Crippen molar-refractivity contribution in [3.8, 4) is 11.1 Å². The van der Waals surface area contributed by atoms with Gasteiger partial charge >= 0.3 is 0 Å². The van der Waals surface area contributed by atoms with Crippen LogP contribution in [-0.2, 0) is 4.79 Å². The van der Waals surface area contributed by atoms with Crippen LogP contribution in [0.15, 0.2) is 60.9 Å². The lowest BCUT2D eigenvalue weighted by Crippen LogP contribution is -2.46. The fraction of sp³-hybridized carbons (Fsp3) is 0.387. The van der Waals surface area contributed by atoms with Crippen LogP contribution in [0.3, 0.4) is 0 Å². The number of imidazole rings is 1. The number of hydrogen-bond acceptors (Lipinski definition) is 7. The van der Waals surface area contributed by atoms with Gasteiger partial charge in [0.15, 0.2) is 0 Å². The number of pyridine rings is 1. The van der Waals surface area contributed by atoms with E-state index in [-0.39, 0.29) is 35.8 Å². The first-order valence-electron chi connectivity index (χ1n) is 14.6. The highest BCUT2D eigenvalue weighted by Crippen LogP contribution is 2.39. The number of nitrogens with one attached hydrogen (secondary N) is 6. The maximum atomic E-state index is 14.0. The Kier molecular flexibility index (Phi) is 7.22. The Balaban J connectivity index is 1.08. The van der Waals surface area contributed by atoms with Crippen LogP contribution in [0.5, 0.6) is 0 Å². The molecule has 7 rings (SSSR count). The maximum Gasteiger partial charge on any atom is 0.224 e. The number of H-pyrrole nitrogens is 1.